The van der Waals surface area contributed by atoms with E-state index in [0.29, 0.717) is 29.0 Å². The highest BCUT2D eigenvalue weighted by Gasteiger charge is 2.32. The van der Waals surface area contributed by atoms with E-state index in [1.807, 2.05) is 92.6 Å². The predicted octanol–water partition coefficient (Wildman–Crippen LogP) is 5.47. The number of rotatable bonds is 7. The molecule has 1 aliphatic heterocycles. The molecule has 7 heteroatoms. The Balaban J connectivity index is 1.33. The van der Waals surface area contributed by atoms with Crippen LogP contribution in [0.15, 0.2) is 97.1 Å². The summed E-state index contributed by atoms with van der Waals surface area (Å²) in [6.45, 7) is 3.26. The molecule has 4 aromatic rings. The highest BCUT2D eigenvalue weighted by molar-refractivity contribution is 6.16. The third-order valence-corrected chi connectivity index (χ3v) is 7.00. The van der Waals surface area contributed by atoms with Gasteiger partial charge in [0.25, 0.3) is 11.8 Å². The first-order valence-corrected chi connectivity index (χ1v) is 13.3. The van der Waals surface area contributed by atoms with Gasteiger partial charge in [0.05, 0.1) is 11.4 Å². The Morgan fingerprint density at radius 1 is 0.825 bits per heavy atom. The minimum atomic E-state index is -0.268. The minimum Gasteiger partial charge on any atom is -0.322 e. The maximum atomic E-state index is 13.5. The molecule has 1 N–H and O–H groups in total. The van der Waals surface area contributed by atoms with Crippen LogP contribution in [0.5, 0.6) is 0 Å². The highest BCUT2D eigenvalue weighted by Crippen LogP contribution is 2.34. The Hall–Kier alpha value is -4.75. The van der Waals surface area contributed by atoms with Crippen LogP contribution in [0.4, 0.5) is 17.1 Å². The molecule has 40 heavy (non-hydrogen) atoms. The first kappa shape index (κ1) is 26.8. The highest BCUT2D eigenvalue weighted by atomic mass is 16.2. The van der Waals surface area contributed by atoms with Crippen LogP contribution in [-0.2, 0) is 4.79 Å². The molecule has 0 bridgehead atoms. The van der Waals surface area contributed by atoms with Gasteiger partial charge in [0.2, 0.25) is 5.91 Å². The summed E-state index contributed by atoms with van der Waals surface area (Å²) >= 11 is 0. The van der Waals surface area contributed by atoms with Gasteiger partial charge >= 0.3 is 0 Å². The van der Waals surface area contributed by atoms with Crippen molar-refractivity contribution in [3.05, 3.63) is 114 Å². The van der Waals surface area contributed by atoms with Gasteiger partial charge in [0, 0.05) is 29.9 Å². The van der Waals surface area contributed by atoms with Gasteiger partial charge in [-0.2, -0.15) is 0 Å². The number of aryl methyl sites for hydroxylation is 1. The fraction of sp³-hybridized carbons (Fsp3) is 0.182. The van der Waals surface area contributed by atoms with Crippen LogP contribution in [0.25, 0.3) is 11.1 Å². The Kier molecular flexibility index (Phi) is 7.75. The van der Waals surface area contributed by atoms with Gasteiger partial charge in [-0.25, -0.2) is 0 Å². The van der Waals surface area contributed by atoms with Crippen LogP contribution in [-0.4, -0.2) is 56.4 Å². The molecule has 7 nitrogen and oxygen atoms in total. The van der Waals surface area contributed by atoms with E-state index in [2.05, 4.69) is 5.32 Å². The van der Waals surface area contributed by atoms with Crippen LogP contribution in [0.3, 0.4) is 0 Å². The number of anilines is 3. The topological polar surface area (TPSA) is 73.0 Å². The molecule has 3 amide bonds. The number of carbonyl (C=O) groups excluding carboxylic acids is 3. The lowest BCUT2D eigenvalue weighted by Gasteiger charge is -2.36. The normalized spacial score (nSPS) is 12.8. The van der Waals surface area contributed by atoms with E-state index in [9.17, 15) is 14.4 Å². The van der Waals surface area contributed by atoms with Crippen LogP contribution in [0.2, 0.25) is 0 Å². The van der Waals surface area contributed by atoms with E-state index in [-0.39, 0.29) is 24.3 Å². The molecule has 5 rings (SSSR count). The number of para-hydroxylation sites is 2. The molecule has 0 aromatic heterocycles. The summed E-state index contributed by atoms with van der Waals surface area (Å²) in [6, 6.07) is 29.8. The van der Waals surface area contributed by atoms with Crippen molar-refractivity contribution >= 4 is 34.8 Å². The maximum absolute atomic E-state index is 13.5. The van der Waals surface area contributed by atoms with Gasteiger partial charge in [-0.3, -0.25) is 19.3 Å². The first-order chi connectivity index (χ1) is 19.3. The number of hydrogen-bond donors (Lipinski definition) is 1. The van der Waals surface area contributed by atoms with Crippen LogP contribution < -0.4 is 15.1 Å². The summed E-state index contributed by atoms with van der Waals surface area (Å²) in [4.78, 5) is 45.1. The van der Waals surface area contributed by atoms with E-state index in [0.717, 1.165) is 28.9 Å². The smallest absolute Gasteiger partial charge is 0.258 e. The summed E-state index contributed by atoms with van der Waals surface area (Å²) in [5, 5.41) is 2.95. The minimum absolute atomic E-state index is 0.0302. The first-order valence-electron chi connectivity index (χ1n) is 13.3. The largest absolute Gasteiger partial charge is 0.322 e. The molecular weight excluding hydrogens is 500 g/mol. The zero-order valence-electron chi connectivity index (χ0n) is 22.9. The molecular formula is C33H32N4O3. The number of nitrogens with one attached hydrogen (secondary N) is 1. The Morgan fingerprint density at radius 2 is 1.48 bits per heavy atom. The van der Waals surface area contributed by atoms with Gasteiger partial charge in [0.15, 0.2) is 0 Å². The second kappa shape index (κ2) is 11.6. The van der Waals surface area contributed by atoms with Gasteiger partial charge in [-0.15, -0.1) is 0 Å². The number of carbonyl (C=O) groups is 3. The molecule has 1 heterocycles. The van der Waals surface area contributed by atoms with Gasteiger partial charge in [0.1, 0.15) is 6.54 Å². The lowest BCUT2D eigenvalue weighted by Crippen LogP contribution is -2.49. The van der Waals surface area contributed by atoms with Crippen LogP contribution >= 0.6 is 0 Å². The maximum Gasteiger partial charge on any atom is 0.258 e. The van der Waals surface area contributed by atoms with Crippen LogP contribution in [0, 0.1) is 6.92 Å². The van der Waals surface area contributed by atoms with E-state index < -0.39 is 0 Å². The third kappa shape index (κ3) is 5.65. The summed E-state index contributed by atoms with van der Waals surface area (Å²) < 4.78 is 0. The van der Waals surface area contributed by atoms with Crippen molar-refractivity contribution in [2.45, 2.75) is 6.92 Å². The number of amides is 3. The fourth-order valence-electron chi connectivity index (χ4n) is 4.80. The number of nitrogens with zero attached hydrogens (tertiary/aromatic N) is 3. The average Bonchev–Trinajstić information content (AvgIpc) is 2.96. The SMILES string of the molecule is Cc1ccc(-c2ccccc2C(=O)Nc2ccc(C(=O)N3CC(=O)N(CCN(C)C)c4ccccc43)cc2)cc1. The molecule has 0 saturated carbocycles. The van der Waals surface area contributed by atoms with E-state index >= 15 is 0 Å². The average molecular weight is 533 g/mol. The lowest BCUT2D eigenvalue weighted by atomic mass is 9.98. The van der Waals surface area contributed by atoms with Gasteiger partial charge in [-0.05, 0) is 74.6 Å². The van der Waals surface area contributed by atoms with E-state index in [1.165, 1.54) is 4.90 Å². The molecule has 0 aliphatic carbocycles. The summed E-state index contributed by atoms with van der Waals surface area (Å²) in [5.74, 6) is -0.621. The van der Waals surface area contributed by atoms with Gasteiger partial charge < -0.3 is 15.1 Å². The zero-order valence-corrected chi connectivity index (χ0v) is 22.9. The summed E-state index contributed by atoms with van der Waals surface area (Å²) in [5.41, 5.74) is 5.97. The fourth-order valence-corrected chi connectivity index (χ4v) is 4.80. The lowest BCUT2D eigenvalue weighted by molar-refractivity contribution is -0.117. The van der Waals surface area contributed by atoms with Gasteiger partial charge in [-0.1, -0.05) is 60.2 Å². The molecule has 0 spiro atoms. The van der Waals surface area contributed by atoms with Crippen molar-refractivity contribution < 1.29 is 14.4 Å². The van der Waals surface area contributed by atoms with Crippen molar-refractivity contribution in [2.24, 2.45) is 0 Å². The summed E-state index contributed by atoms with van der Waals surface area (Å²) in [6.07, 6.45) is 0. The molecule has 0 saturated heterocycles. The molecule has 0 fully saturated rings. The van der Waals surface area contributed by atoms with Crippen molar-refractivity contribution in [1.82, 2.24) is 4.90 Å². The number of hydrogen-bond acceptors (Lipinski definition) is 4. The Labute approximate surface area is 234 Å². The van der Waals surface area contributed by atoms with E-state index in [4.69, 9.17) is 0 Å². The van der Waals surface area contributed by atoms with Crippen molar-refractivity contribution in [1.29, 1.82) is 0 Å². The second-order valence-electron chi connectivity index (χ2n) is 10.2. The zero-order chi connectivity index (χ0) is 28.2. The number of likely N-dealkylation sites (N-methyl/N-ethyl adjacent to an activating group) is 1. The monoisotopic (exact) mass is 532 g/mol. The number of benzene rings is 4. The molecule has 202 valence electrons. The van der Waals surface area contributed by atoms with Crippen molar-refractivity contribution in [3.8, 4) is 11.1 Å². The van der Waals surface area contributed by atoms with Crippen LogP contribution in [0.1, 0.15) is 26.3 Å². The second-order valence-corrected chi connectivity index (χ2v) is 10.2. The third-order valence-electron chi connectivity index (χ3n) is 7.00. The Bertz CT molecular complexity index is 1540. The molecule has 0 atom stereocenters. The van der Waals surface area contributed by atoms with E-state index in [1.54, 1.807) is 35.2 Å². The summed E-state index contributed by atoms with van der Waals surface area (Å²) in [7, 11) is 3.93. The quantitative estimate of drug-likeness (QED) is 0.343. The Morgan fingerprint density at radius 3 is 2.17 bits per heavy atom. The van der Waals surface area contributed by atoms with Crippen molar-refractivity contribution in [3.63, 3.8) is 0 Å². The molecule has 4 aromatic carbocycles. The number of fused-ring (bicyclic) bond motifs is 1. The van der Waals surface area contributed by atoms with Crippen molar-refractivity contribution in [2.75, 3.05) is 48.8 Å². The molecule has 1 aliphatic rings. The standard InChI is InChI=1S/C33H32N4O3/c1-23-12-14-24(15-13-23)27-8-4-5-9-28(27)32(39)34-26-18-16-25(17-19-26)33(40)37-22-31(38)36(21-20-35(2)3)29-10-6-7-11-30(29)37/h4-19H,20-22H2,1-3H3,(H,34,39). The molecule has 0 unspecified atom stereocenters. The predicted molar refractivity (Wildman–Crippen MR) is 160 cm³/mol. The molecule has 0 radical (unpaired) electrons.